The van der Waals surface area contributed by atoms with Crippen LogP contribution < -0.4 is 5.32 Å². The predicted molar refractivity (Wildman–Crippen MR) is 75.2 cm³/mol. The van der Waals surface area contributed by atoms with Gasteiger partial charge in [0.15, 0.2) is 0 Å². The molecule has 0 fully saturated rings. The fourth-order valence-corrected chi connectivity index (χ4v) is 1.99. The van der Waals surface area contributed by atoms with Gasteiger partial charge in [0.2, 0.25) is 0 Å². The molecule has 0 aliphatic carbocycles. The van der Waals surface area contributed by atoms with Crippen molar-refractivity contribution < 1.29 is 61.9 Å². The van der Waals surface area contributed by atoms with Crippen LogP contribution in [0.5, 0.6) is 0 Å². The van der Waals surface area contributed by atoms with Gasteiger partial charge in [-0.25, -0.2) is 0 Å². The predicted octanol–water partition coefficient (Wildman–Crippen LogP) is 5.93. The summed E-state index contributed by atoms with van der Waals surface area (Å²) in [6.45, 7) is 1.52. The van der Waals surface area contributed by atoms with E-state index in [2.05, 4.69) is 0 Å². The van der Waals surface area contributed by atoms with Gasteiger partial charge in [0.25, 0.3) is 0 Å². The third-order valence-corrected chi connectivity index (χ3v) is 3.81. The number of nitrogens with one attached hydrogen (secondary N) is 1. The number of aryl methyl sites for hydroxylation is 1. The fourth-order valence-electron chi connectivity index (χ4n) is 1.99. The summed E-state index contributed by atoms with van der Waals surface area (Å²) in [6, 6.07) is 4.15. The first-order valence-corrected chi connectivity index (χ1v) is 7.54. The van der Waals surface area contributed by atoms with Crippen molar-refractivity contribution in [3.05, 3.63) is 29.8 Å². The van der Waals surface area contributed by atoms with E-state index in [9.17, 15) is 61.9 Å². The van der Waals surface area contributed by atoms with Crippen LogP contribution in [-0.4, -0.2) is 41.7 Å². The molecule has 1 rings (SSSR count). The van der Waals surface area contributed by atoms with Gasteiger partial charge in [0.05, 0.1) is 0 Å². The maximum atomic E-state index is 13.7. The van der Waals surface area contributed by atoms with Crippen LogP contribution in [0.3, 0.4) is 0 Å². The third kappa shape index (κ3) is 3.77. The summed E-state index contributed by atoms with van der Waals surface area (Å²) in [7, 11) is 0. The molecule has 0 saturated heterocycles. The molecule has 0 spiro atoms. The summed E-state index contributed by atoms with van der Waals surface area (Å²) in [5.74, 6) is -41.7. The molecule has 0 bridgehead atoms. The highest BCUT2D eigenvalue weighted by molar-refractivity contribution is 5.97. The Morgan fingerprint density at radius 2 is 1.23 bits per heavy atom. The molecule has 2 nitrogen and oxygen atoms in total. The second-order valence-electron chi connectivity index (χ2n) is 5.88. The zero-order chi connectivity index (χ0) is 24.0. The Balaban J connectivity index is 3.38. The van der Waals surface area contributed by atoms with E-state index < -0.39 is 47.4 Å². The van der Waals surface area contributed by atoms with Crippen LogP contribution in [0.2, 0.25) is 0 Å². The number of carbonyl (C=O) groups is 1. The van der Waals surface area contributed by atoms with Gasteiger partial charge >= 0.3 is 41.7 Å². The highest BCUT2D eigenvalue weighted by Gasteiger charge is 2.91. The summed E-state index contributed by atoms with van der Waals surface area (Å²) in [6.07, 6.45) is -7.29. The number of hydrogen-bond acceptors (Lipinski definition) is 1. The number of alkyl halides is 13. The van der Waals surface area contributed by atoms with E-state index in [-0.39, 0.29) is 6.42 Å². The van der Waals surface area contributed by atoms with Gasteiger partial charge in [-0.05, 0) is 24.1 Å². The average Bonchev–Trinajstić information content (AvgIpc) is 2.60. The Labute approximate surface area is 159 Å². The summed E-state index contributed by atoms with van der Waals surface area (Å²) in [5, 5.41) is 0.999. The van der Waals surface area contributed by atoms with E-state index in [4.69, 9.17) is 0 Å². The lowest BCUT2D eigenvalue weighted by atomic mass is 9.93. The number of amides is 1. The van der Waals surface area contributed by atoms with Crippen molar-refractivity contribution >= 4 is 11.6 Å². The minimum absolute atomic E-state index is 0.215. The van der Waals surface area contributed by atoms with E-state index in [0.29, 0.717) is 5.56 Å². The van der Waals surface area contributed by atoms with Crippen molar-refractivity contribution in [1.82, 2.24) is 0 Å². The lowest BCUT2D eigenvalue weighted by Crippen LogP contribution is -2.71. The topological polar surface area (TPSA) is 29.1 Å². The van der Waals surface area contributed by atoms with Crippen molar-refractivity contribution in [3.8, 4) is 0 Å². The lowest BCUT2D eigenvalue weighted by Gasteiger charge is -2.39. The number of halogens is 13. The second-order valence-corrected chi connectivity index (χ2v) is 5.88. The van der Waals surface area contributed by atoms with Gasteiger partial charge in [-0.15, -0.1) is 0 Å². The van der Waals surface area contributed by atoms with Gasteiger partial charge in [-0.2, -0.15) is 57.1 Å². The summed E-state index contributed by atoms with van der Waals surface area (Å²) >= 11 is 0. The number of carbonyl (C=O) groups excluding carboxylic acids is 1. The monoisotopic (exact) mass is 467 g/mol. The SMILES string of the molecule is CCc1cccc(NC(=O)C(F)(F)C(F)(F)C(F)(F)C(F)(F)C(F)(F)C(F)(F)F)c1. The van der Waals surface area contributed by atoms with Crippen LogP contribution in [0, 0.1) is 0 Å². The molecule has 0 radical (unpaired) electrons. The first-order chi connectivity index (χ1) is 13.2. The largest absolute Gasteiger partial charge is 0.460 e. The van der Waals surface area contributed by atoms with E-state index in [1.165, 1.54) is 13.0 Å². The highest BCUT2D eigenvalue weighted by atomic mass is 19.4. The van der Waals surface area contributed by atoms with Gasteiger partial charge in [-0.1, -0.05) is 19.1 Å². The molecule has 30 heavy (non-hydrogen) atoms. The molecule has 0 aliphatic rings. The lowest BCUT2D eigenvalue weighted by molar-refractivity contribution is -0.435. The molecule has 1 aromatic rings. The summed E-state index contributed by atoms with van der Waals surface area (Å²) in [4.78, 5) is 11.4. The molecule has 0 aliphatic heterocycles. The summed E-state index contributed by atoms with van der Waals surface area (Å²) in [5.41, 5.74) is -0.380. The zero-order valence-electron chi connectivity index (χ0n) is 14.3. The third-order valence-electron chi connectivity index (χ3n) is 3.81. The van der Waals surface area contributed by atoms with Gasteiger partial charge in [0, 0.05) is 5.69 Å². The Kier molecular flexibility index (Phi) is 6.44. The molecule has 0 aromatic heterocycles. The second kappa shape index (κ2) is 7.48. The van der Waals surface area contributed by atoms with Crippen LogP contribution in [0.4, 0.5) is 62.8 Å². The molecule has 1 amide bonds. The van der Waals surface area contributed by atoms with E-state index in [1.54, 1.807) is 0 Å². The average molecular weight is 467 g/mol. The smallest absolute Gasteiger partial charge is 0.321 e. The van der Waals surface area contributed by atoms with Crippen molar-refractivity contribution in [1.29, 1.82) is 0 Å². The molecule has 1 N–H and O–H groups in total. The van der Waals surface area contributed by atoms with Gasteiger partial charge in [-0.3, -0.25) is 4.79 Å². The number of anilines is 1. The highest BCUT2D eigenvalue weighted by Crippen LogP contribution is 2.60. The van der Waals surface area contributed by atoms with Crippen LogP contribution in [0.15, 0.2) is 24.3 Å². The van der Waals surface area contributed by atoms with Crippen molar-refractivity contribution in [2.75, 3.05) is 5.32 Å². The van der Waals surface area contributed by atoms with Crippen LogP contribution in [0.25, 0.3) is 0 Å². The standard InChI is InChI=1S/C15H10F13NO/c1-2-7-4-3-5-8(6-7)29-9(30)10(16,17)11(18,19)12(20,21)13(22,23)14(24,25)15(26,27)28/h3-6H,2H2,1H3,(H,29,30). The van der Waals surface area contributed by atoms with Crippen molar-refractivity contribution in [2.45, 2.75) is 49.1 Å². The minimum Gasteiger partial charge on any atom is -0.321 e. The number of rotatable bonds is 7. The molecule has 172 valence electrons. The number of hydrogen-bond donors (Lipinski definition) is 1. The molecule has 0 saturated carbocycles. The van der Waals surface area contributed by atoms with Crippen LogP contribution in [0.1, 0.15) is 12.5 Å². The maximum absolute atomic E-state index is 13.7. The molecule has 15 heteroatoms. The van der Waals surface area contributed by atoms with E-state index in [0.717, 1.165) is 23.5 Å². The van der Waals surface area contributed by atoms with E-state index >= 15 is 0 Å². The first-order valence-electron chi connectivity index (χ1n) is 7.54. The quantitative estimate of drug-likeness (QED) is 0.496. The molecular weight excluding hydrogens is 457 g/mol. The molecule has 1 aromatic carbocycles. The molecule has 0 unspecified atom stereocenters. The normalized spacial score (nSPS) is 14.6. The van der Waals surface area contributed by atoms with Crippen LogP contribution >= 0.6 is 0 Å². The zero-order valence-corrected chi connectivity index (χ0v) is 14.3. The fraction of sp³-hybridized carbons (Fsp3) is 0.533. The number of benzene rings is 1. The van der Waals surface area contributed by atoms with Crippen molar-refractivity contribution in [3.63, 3.8) is 0 Å². The Bertz CT molecular complexity index is 785. The molecular formula is C15H10F13NO. The minimum atomic E-state index is -8.05. The van der Waals surface area contributed by atoms with E-state index in [1.807, 2.05) is 0 Å². The first kappa shape index (κ1) is 25.8. The van der Waals surface area contributed by atoms with Crippen molar-refractivity contribution in [2.24, 2.45) is 0 Å². The Morgan fingerprint density at radius 3 is 1.67 bits per heavy atom. The molecule has 0 heterocycles. The summed E-state index contributed by atoms with van der Waals surface area (Å²) < 4.78 is 169. The Morgan fingerprint density at radius 1 is 0.767 bits per heavy atom. The molecule has 0 atom stereocenters. The maximum Gasteiger partial charge on any atom is 0.460 e. The van der Waals surface area contributed by atoms with Gasteiger partial charge < -0.3 is 5.32 Å². The van der Waals surface area contributed by atoms with Gasteiger partial charge in [0.1, 0.15) is 0 Å². The van der Waals surface area contributed by atoms with Crippen LogP contribution in [-0.2, 0) is 11.2 Å². The Hall–Kier alpha value is -2.22.